The number of nitriles is 3. The van der Waals surface area contributed by atoms with Gasteiger partial charge in [0.25, 0.3) is 0 Å². The molecule has 0 aliphatic carbocycles. The third-order valence-electron chi connectivity index (χ3n) is 3.31. The molecule has 1 heterocycles. The number of allylic oxidation sites excluding steroid dienone is 2. The minimum atomic E-state index is -0.876. The van der Waals surface area contributed by atoms with Gasteiger partial charge in [-0.25, -0.2) is 0 Å². The molecule has 0 saturated heterocycles. The molecule has 23 heavy (non-hydrogen) atoms. The van der Waals surface area contributed by atoms with Gasteiger partial charge in [-0.2, -0.15) is 15.8 Å². The first-order valence-electron chi connectivity index (χ1n) is 6.52. The fraction of sp³-hybridized carbons (Fsp3) is 0.188. The van der Waals surface area contributed by atoms with Gasteiger partial charge in [-0.1, -0.05) is 29.4 Å². The Morgan fingerprint density at radius 3 is 2.26 bits per heavy atom. The Hall–Kier alpha value is -3.72. The van der Waals surface area contributed by atoms with Gasteiger partial charge in [0.2, 0.25) is 0 Å². The molecular formula is C16H10N6O. The van der Waals surface area contributed by atoms with Crippen molar-refractivity contribution in [2.24, 2.45) is 5.11 Å². The van der Waals surface area contributed by atoms with Gasteiger partial charge < -0.3 is 4.74 Å². The molecule has 0 radical (unpaired) electrons. The second kappa shape index (κ2) is 5.95. The van der Waals surface area contributed by atoms with Crippen molar-refractivity contribution < 1.29 is 4.74 Å². The van der Waals surface area contributed by atoms with Crippen LogP contribution in [0.5, 0.6) is 0 Å². The number of benzene rings is 1. The number of nitrogens with zero attached hydrogens (tertiary/aromatic N) is 6. The quantitative estimate of drug-likeness (QED) is 0.353. The normalized spacial score (nSPS) is 14.8. The molecule has 110 valence electrons. The fourth-order valence-electron chi connectivity index (χ4n) is 2.42. The molecule has 1 aromatic rings. The topological polar surface area (TPSA) is 129 Å². The summed E-state index contributed by atoms with van der Waals surface area (Å²) in [4.78, 5) is 2.71. The van der Waals surface area contributed by atoms with Crippen LogP contribution in [0, 0.1) is 34.0 Å². The van der Waals surface area contributed by atoms with Crippen LogP contribution in [0.15, 0.2) is 46.3 Å². The summed E-state index contributed by atoms with van der Waals surface area (Å²) >= 11 is 0. The van der Waals surface area contributed by atoms with E-state index in [4.69, 9.17) is 20.8 Å². The van der Waals surface area contributed by atoms with Gasteiger partial charge >= 0.3 is 0 Å². The lowest BCUT2D eigenvalue weighted by molar-refractivity contribution is 0.109. The Kier molecular flexibility index (Phi) is 4.05. The number of hydrogen-bond donors (Lipinski definition) is 0. The van der Waals surface area contributed by atoms with Crippen molar-refractivity contribution in [1.82, 2.24) is 0 Å². The lowest BCUT2D eigenvalue weighted by Crippen LogP contribution is -2.20. The van der Waals surface area contributed by atoms with Crippen LogP contribution < -0.4 is 0 Å². The maximum Gasteiger partial charge on any atom is 0.172 e. The molecule has 0 spiro atoms. The summed E-state index contributed by atoms with van der Waals surface area (Å²) in [5.41, 5.74) is 9.18. The predicted octanol–water partition coefficient (Wildman–Crippen LogP) is 4.02. The Balaban J connectivity index is 2.71. The van der Waals surface area contributed by atoms with E-state index in [0.717, 1.165) is 0 Å². The highest BCUT2D eigenvalue weighted by molar-refractivity contribution is 5.84. The van der Waals surface area contributed by atoms with Crippen molar-refractivity contribution in [1.29, 1.82) is 15.8 Å². The maximum atomic E-state index is 9.47. The molecule has 0 aromatic heterocycles. The predicted molar refractivity (Wildman–Crippen MR) is 81.2 cm³/mol. The molecule has 1 aromatic carbocycles. The molecule has 1 aliphatic heterocycles. The molecule has 7 nitrogen and oxygen atoms in total. The smallest absolute Gasteiger partial charge is 0.172 e. The zero-order valence-electron chi connectivity index (χ0n) is 12.4. The van der Waals surface area contributed by atoms with Gasteiger partial charge in [-0.15, -0.1) is 0 Å². The Labute approximate surface area is 132 Å². The van der Waals surface area contributed by atoms with Crippen LogP contribution in [-0.4, -0.2) is 5.60 Å². The van der Waals surface area contributed by atoms with Crippen molar-refractivity contribution in [2.75, 3.05) is 0 Å². The molecule has 0 N–H and O–H groups in total. The number of azide groups is 1. The Bertz CT molecular complexity index is 878. The number of hydrogen-bond acceptors (Lipinski definition) is 5. The molecule has 0 saturated carbocycles. The van der Waals surface area contributed by atoms with E-state index in [1.807, 2.05) is 6.07 Å². The highest BCUT2D eigenvalue weighted by Crippen LogP contribution is 2.45. The summed E-state index contributed by atoms with van der Waals surface area (Å²) in [7, 11) is 0. The van der Waals surface area contributed by atoms with Gasteiger partial charge in [-0.05, 0) is 24.9 Å². The van der Waals surface area contributed by atoms with Crippen LogP contribution in [0.25, 0.3) is 16.0 Å². The molecule has 1 aliphatic rings. The van der Waals surface area contributed by atoms with Crippen LogP contribution in [0.2, 0.25) is 0 Å². The first kappa shape index (κ1) is 15.7. The second-order valence-electron chi connectivity index (χ2n) is 5.14. The summed E-state index contributed by atoms with van der Waals surface area (Å²) < 4.78 is 5.70. The van der Waals surface area contributed by atoms with E-state index in [9.17, 15) is 5.26 Å². The lowest BCUT2D eigenvalue weighted by atomic mass is 9.89. The van der Waals surface area contributed by atoms with Crippen molar-refractivity contribution in [3.63, 3.8) is 0 Å². The van der Waals surface area contributed by atoms with Gasteiger partial charge in [0.05, 0.1) is 0 Å². The van der Waals surface area contributed by atoms with E-state index < -0.39 is 5.60 Å². The SMILES string of the molecule is CC1(C)OC(=C(C#N)C#N)C(C#N)=C1c1ccc(N=[N+]=[N-])cc1. The summed E-state index contributed by atoms with van der Waals surface area (Å²) in [6.45, 7) is 3.50. The summed E-state index contributed by atoms with van der Waals surface area (Å²) in [5.74, 6) is -0.00313. The number of ether oxygens (including phenoxy) is 1. The highest BCUT2D eigenvalue weighted by Gasteiger charge is 2.40. The summed E-state index contributed by atoms with van der Waals surface area (Å²) in [6.07, 6.45) is 0. The Morgan fingerprint density at radius 1 is 1.17 bits per heavy atom. The monoisotopic (exact) mass is 302 g/mol. The molecule has 0 bridgehead atoms. The summed E-state index contributed by atoms with van der Waals surface area (Å²) in [5, 5.41) is 31.0. The average Bonchev–Trinajstić information content (AvgIpc) is 2.80. The van der Waals surface area contributed by atoms with Gasteiger partial charge in [0.1, 0.15) is 29.4 Å². The van der Waals surface area contributed by atoms with Gasteiger partial charge in [-0.3, -0.25) is 0 Å². The molecule has 0 amide bonds. The molecule has 2 rings (SSSR count). The van der Waals surface area contributed by atoms with Crippen LogP contribution in [0.4, 0.5) is 5.69 Å². The first-order chi connectivity index (χ1) is 11.0. The third-order valence-corrected chi connectivity index (χ3v) is 3.31. The van der Waals surface area contributed by atoms with Gasteiger partial charge in [0.15, 0.2) is 11.3 Å². The van der Waals surface area contributed by atoms with E-state index in [1.165, 1.54) is 0 Å². The van der Waals surface area contributed by atoms with Crippen LogP contribution >= 0.6 is 0 Å². The van der Waals surface area contributed by atoms with Crippen LogP contribution in [-0.2, 0) is 4.74 Å². The fourth-order valence-corrected chi connectivity index (χ4v) is 2.42. The van der Waals surface area contributed by atoms with Crippen molar-refractivity contribution in [2.45, 2.75) is 19.4 Å². The van der Waals surface area contributed by atoms with Gasteiger partial charge in [0, 0.05) is 16.2 Å². The van der Waals surface area contributed by atoms with Crippen molar-refractivity contribution in [3.8, 4) is 18.2 Å². The highest BCUT2D eigenvalue weighted by atomic mass is 16.5. The van der Waals surface area contributed by atoms with E-state index in [0.29, 0.717) is 16.8 Å². The largest absolute Gasteiger partial charge is 0.480 e. The van der Waals surface area contributed by atoms with E-state index in [2.05, 4.69) is 10.0 Å². The lowest BCUT2D eigenvalue weighted by Gasteiger charge is -2.22. The molecular weight excluding hydrogens is 292 g/mol. The third kappa shape index (κ3) is 2.71. The van der Waals surface area contributed by atoms with Crippen molar-refractivity contribution >= 4 is 11.3 Å². The molecule has 7 heteroatoms. The molecule has 0 unspecified atom stereocenters. The maximum absolute atomic E-state index is 9.47. The minimum Gasteiger partial charge on any atom is -0.480 e. The second-order valence-corrected chi connectivity index (χ2v) is 5.14. The number of rotatable bonds is 2. The zero-order chi connectivity index (χ0) is 17.0. The van der Waals surface area contributed by atoms with Crippen LogP contribution in [0.3, 0.4) is 0 Å². The van der Waals surface area contributed by atoms with E-state index in [1.54, 1.807) is 50.3 Å². The average molecular weight is 302 g/mol. The van der Waals surface area contributed by atoms with E-state index in [-0.39, 0.29) is 16.9 Å². The standard InChI is InChI=1S/C16H10N6O/c1-16(2)14(10-3-5-12(6-4-10)21-22-20)13(9-19)15(23-16)11(7-17)8-18/h3-6H,1-2H3. The van der Waals surface area contributed by atoms with Crippen LogP contribution in [0.1, 0.15) is 19.4 Å². The Morgan fingerprint density at radius 2 is 1.78 bits per heavy atom. The summed E-state index contributed by atoms with van der Waals surface area (Å²) in [6, 6.07) is 12.1. The zero-order valence-corrected chi connectivity index (χ0v) is 12.4. The minimum absolute atomic E-state index is 0.00313. The van der Waals surface area contributed by atoms with Crippen molar-refractivity contribution in [3.05, 3.63) is 57.2 Å². The first-order valence-corrected chi connectivity index (χ1v) is 6.52. The van der Waals surface area contributed by atoms with E-state index >= 15 is 0 Å². The molecule has 0 fully saturated rings. The molecule has 0 atom stereocenters.